The molecule has 1 heterocycles. The van der Waals surface area contributed by atoms with Crippen LogP contribution < -0.4 is 10.1 Å². The topological polar surface area (TPSA) is 64.1 Å². The minimum atomic E-state index is -0.229. The van der Waals surface area contributed by atoms with Crippen LogP contribution >= 0.6 is 11.3 Å². The maximum atomic E-state index is 11.9. The number of aryl methyl sites for hydroxylation is 2. The molecule has 118 valence electrons. The molecule has 6 heteroatoms. The van der Waals surface area contributed by atoms with Gasteiger partial charge < -0.3 is 4.74 Å². The van der Waals surface area contributed by atoms with Crippen LogP contribution in [0.4, 0.5) is 5.13 Å². The van der Waals surface area contributed by atoms with Crippen LogP contribution in [-0.4, -0.2) is 22.7 Å². The van der Waals surface area contributed by atoms with Crippen LogP contribution in [0.1, 0.15) is 30.0 Å². The van der Waals surface area contributed by atoms with E-state index >= 15 is 0 Å². The third kappa shape index (κ3) is 4.80. The van der Waals surface area contributed by atoms with Crippen LogP contribution in [0.25, 0.3) is 0 Å². The second-order valence-electron chi connectivity index (χ2n) is 5.70. The van der Waals surface area contributed by atoms with E-state index in [-0.39, 0.29) is 12.5 Å². The molecule has 5 nitrogen and oxygen atoms in total. The second kappa shape index (κ2) is 7.35. The Labute approximate surface area is 134 Å². The number of anilines is 1. The largest absolute Gasteiger partial charge is 0.483 e. The number of nitrogens with zero attached hydrogens (tertiary/aromatic N) is 2. The van der Waals surface area contributed by atoms with Gasteiger partial charge in [0.2, 0.25) is 5.13 Å². The Bertz CT molecular complexity index is 653. The van der Waals surface area contributed by atoms with Crippen molar-refractivity contribution in [1.29, 1.82) is 0 Å². The SMILES string of the molecule is Cc1ccc(C)c(OCC(=O)Nc2nnc(CC(C)C)s2)c1. The Morgan fingerprint density at radius 2 is 2.09 bits per heavy atom. The molecule has 0 aliphatic rings. The number of ether oxygens (including phenoxy) is 1. The van der Waals surface area contributed by atoms with Crippen molar-refractivity contribution in [2.75, 3.05) is 11.9 Å². The molecule has 0 radical (unpaired) electrons. The van der Waals surface area contributed by atoms with Gasteiger partial charge in [0.15, 0.2) is 6.61 Å². The highest BCUT2D eigenvalue weighted by Crippen LogP contribution is 2.20. The van der Waals surface area contributed by atoms with Gasteiger partial charge >= 0.3 is 0 Å². The van der Waals surface area contributed by atoms with Crippen LogP contribution in [0.3, 0.4) is 0 Å². The number of benzene rings is 1. The molecule has 0 fully saturated rings. The predicted octanol–water partition coefficient (Wildman–Crippen LogP) is 3.37. The van der Waals surface area contributed by atoms with Crippen molar-refractivity contribution in [3.05, 3.63) is 34.3 Å². The van der Waals surface area contributed by atoms with Crippen molar-refractivity contribution in [3.63, 3.8) is 0 Å². The van der Waals surface area contributed by atoms with E-state index in [2.05, 4.69) is 29.4 Å². The van der Waals surface area contributed by atoms with Gasteiger partial charge in [-0.25, -0.2) is 0 Å². The zero-order chi connectivity index (χ0) is 16.1. The Kier molecular flexibility index (Phi) is 5.49. The van der Waals surface area contributed by atoms with Gasteiger partial charge in [-0.1, -0.05) is 37.3 Å². The molecular weight excluding hydrogens is 298 g/mol. The lowest BCUT2D eigenvalue weighted by Gasteiger charge is -2.09. The molecular formula is C16H21N3O2S. The van der Waals surface area contributed by atoms with Crippen molar-refractivity contribution >= 4 is 22.4 Å². The highest BCUT2D eigenvalue weighted by molar-refractivity contribution is 7.15. The van der Waals surface area contributed by atoms with E-state index in [4.69, 9.17) is 4.74 Å². The van der Waals surface area contributed by atoms with Gasteiger partial charge in [-0.05, 0) is 37.0 Å². The number of aromatic nitrogens is 2. The Morgan fingerprint density at radius 3 is 2.82 bits per heavy atom. The summed E-state index contributed by atoms with van der Waals surface area (Å²) >= 11 is 1.41. The van der Waals surface area contributed by atoms with Gasteiger partial charge in [0.25, 0.3) is 5.91 Å². The highest BCUT2D eigenvalue weighted by Gasteiger charge is 2.10. The first kappa shape index (κ1) is 16.4. The number of amides is 1. The van der Waals surface area contributed by atoms with E-state index in [0.717, 1.165) is 28.3 Å². The summed E-state index contributed by atoms with van der Waals surface area (Å²) in [4.78, 5) is 11.9. The first-order chi connectivity index (χ1) is 10.4. The summed E-state index contributed by atoms with van der Waals surface area (Å²) in [5, 5.41) is 12.2. The Hall–Kier alpha value is -1.95. The van der Waals surface area contributed by atoms with Crippen LogP contribution in [0.15, 0.2) is 18.2 Å². The molecule has 0 atom stereocenters. The molecule has 2 aromatic rings. The van der Waals surface area contributed by atoms with Gasteiger partial charge in [-0.2, -0.15) is 0 Å². The van der Waals surface area contributed by atoms with Crippen molar-refractivity contribution < 1.29 is 9.53 Å². The van der Waals surface area contributed by atoms with Crippen LogP contribution in [0.5, 0.6) is 5.75 Å². The lowest BCUT2D eigenvalue weighted by atomic mass is 10.1. The molecule has 2 rings (SSSR count). The number of carbonyl (C=O) groups excluding carboxylic acids is 1. The maximum Gasteiger partial charge on any atom is 0.264 e. The van der Waals surface area contributed by atoms with E-state index < -0.39 is 0 Å². The maximum absolute atomic E-state index is 11.9. The second-order valence-corrected chi connectivity index (χ2v) is 6.77. The smallest absolute Gasteiger partial charge is 0.264 e. The zero-order valence-electron chi connectivity index (χ0n) is 13.3. The molecule has 0 bridgehead atoms. The highest BCUT2D eigenvalue weighted by atomic mass is 32.1. The molecule has 1 amide bonds. The lowest BCUT2D eigenvalue weighted by Crippen LogP contribution is -2.20. The van der Waals surface area contributed by atoms with Gasteiger partial charge in [0.1, 0.15) is 10.8 Å². The fraction of sp³-hybridized carbons (Fsp3) is 0.438. The fourth-order valence-corrected chi connectivity index (χ4v) is 2.87. The molecule has 0 unspecified atom stereocenters. The lowest BCUT2D eigenvalue weighted by molar-refractivity contribution is -0.118. The summed E-state index contributed by atoms with van der Waals surface area (Å²) in [7, 11) is 0. The van der Waals surface area contributed by atoms with E-state index in [1.54, 1.807) is 0 Å². The van der Waals surface area contributed by atoms with Gasteiger partial charge in [0, 0.05) is 6.42 Å². The standard InChI is InChI=1S/C16H21N3O2S/c1-10(2)7-15-18-19-16(22-15)17-14(20)9-21-13-8-11(3)5-6-12(13)4/h5-6,8,10H,7,9H2,1-4H3,(H,17,19,20). The third-order valence-electron chi connectivity index (χ3n) is 3.00. The van der Waals surface area contributed by atoms with E-state index in [0.29, 0.717) is 11.0 Å². The number of hydrogen-bond acceptors (Lipinski definition) is 5. The summed E-state index contributed by atoms with van der Waals surface area (Å²) in [6, 6.07) is 5.92. The van der Waals surface area contributed by atoms with E-state index in [1.807, 2.05) is 32.0 Å². The normalized spacial score (nSPS) is 10.8. The minimum Gasteiger partial charge on any atom is -0.483 e. The summed E-state index contributed by atoms with van der Waals surface area (Å²) in [5.41, 5.74) is 2.11. The van der Waals surface area contributed by atoms with E-state index in [9.17, 15) is 4.79 Å². The van der Waals surface area contributed by atoms with Gasteiger partial charge in [0.05, 0.1) is 0 Å². The molecule has 22 heavy (non-hydrogen) atoms. The zero-order valence-corrected chi connectivity index (χ0v) is 14.2. The van der Waals surface area contributed by atoms with Crippen molar-refractivity contribution in [3.8, 4) is 5.75 Å². The summed E-state index contributed by atoms with van der Waals surface area (Å²) < 4.78 is 5.57. The molecule has 0 aliphatic carbocycles. The predicted molar refractivity (Wildman–Crippen MR) is 88.5 cm³/mol. The first-order valence-corrected chi connectivity index (χ1v) is 8.08. The quantitative estimate of drug-likeness (QED) is 0.886. The van der Waals surface area contributed by atoms with Crippen LogP contribution in [0, 0.1) is 19.8 Å². The average Bonchev–Trinajstić information content (AvgIpc) is 2.86. The average molecular weight is 319 g/mol. The molecule has 0 saturated heterocycles. The third-order valence-corrected chi connectivity index (χ3v) is 3.86. The Balaban J connectivity index is 1.87. The van der Waals surface area contributed by atoms with Gasteiger partial charge in [-0.3, -0.25) is 10.1 Å². The summed E-state index contributed by atoms with van der Waals surface area (Å²) in [6.07, 6.45) is 0.868. The molecule has 1 aromatic heterocycles. The number of carbonyl (C=O) groups is 1. The summed E-state index contributed by atoms with van der Waals surface area (Å²) in [6.45, 7) is 8.15. The molecule has 1 N–H and O–H groups in total. The molecule has 0 spiro atoms. The minimum absolute atomic E-state index is 0.0383. The fourth-order valence-electron chi connectivity index (χ4n) is 1.90. The number of hydrogen-bond donors (Lipinski definition) is 1. The van der Waals surface area contributed by atoms with Crippen molar-refractivity contribution in [2.45, 2.75) is 34.1 Å². The van der Waals surface area contributed by atoms with Crippen molar-refractivity contribution in [1.82, 2.24) is 10.2 Å². The van der Waals surface area contributed by atoms with Crippen molar-refractivity contribution in [2.24, 2.45) is 5.92 Å². The Morgan fingerprint density at radius 1 is 1.32 bits per heavy atom. The van der Waals surface area contributed by atoms with Gasteiger partial charge in [-0.15, -0.1) is 10.2 Å². The summed E-state index contributed by atoms with van der Waals surface area (Å²) in [5.74, 6) is 1.02. The first-order valence-electron chi connectivity index (χ1n) is 7.26. The molecule has 0 aliphatic heterocycles. The van der Waals surface area contributed by atoms with E-state index in [1.165, 1.54) is 11.3 Å². The van der Waals surface area contributed by atoms with Crippen LogP contribution in [-0.2, 0) is 11.2 Å². The molecule has 0 saturated carbocycles. The number of rotatable bonds is 6. The molecule has 1 aromatic carbocycles. The van der Waals surface area contributed by atoms with Crippen LogP contribution in [0.2, 0.25) is 0 Å². The number of nitrogens with one attached hydrogen (secondary N) is 1. The monoisotopic (exact) mass is 319 g/mol.